The minimum absolute atomic E-state index is 0.0460. The quantitative estimate of drug-likeness (QED) is 0.441. The number of carbonyl (C=O) groups excluding carboxylic acids is 2. The van der Waals surface area contributed by atoms with Crippen LogP contribution in [-0.4, -0.2) is 52.5 Å². The predicted octanol–water partition coefficient (Wildman–Crippen LogP) is 3.64. The summed E-state index contributed by atoms with van der Waals surface area (Å²) in [7, 11) is 5.09. The maximum Gasteiger partial charge on any atom is 0.337 e. The number of Topliss-reactive ketones (excluding diaryl/α,β-unsaturated/α-hetero) is 1. The Kier molecular flexibility index (Phi) is 6.61. The second-order valence-electron chi connectivity index (χ2n) is 6.03. The summed E-state index contributed by atoms with van der Waals surface area (Å²) in [5, 5.41) is 0. The van der Waals surface area contributed by atoms with Gasteiger partial charge >= 0.3 is 5.97 Å². The Balaban J connectivity index is 2.26. The molecular weight excluding hydrogens is 368 g/mol. The number of hydrogen-bond donors (Lipinski definition) is 0. The van der Waals surface area contributed by atoms with Gasteiger partial charge in [0.1, 0.15) is 4.32 Å². The van der Waals surface area contributed by atoms with Crippen LogP contribution in [0.15, 0.2) is 30.3 Å². The molecule has 0 spiro atoms. The van der Waals surface area contributed by atoms with Gasteiger partial charge in [0, 0.05) is 36.7 Å². The Bertz CT molecular complexity index is 839. The molecule has 0 aliphatic heterocycles. The van der Waals surface area contributed by atoms with Crippen molar-refractivity contribution in [2.45, 2.75) is 13.8 Å². The van der Waals surface area contributed by atoms with Gasteiger partial charge in [-0.15, -0.1) is 0 Å². The lowest BCUT2D eigenvalue weighted by atomic mass is 10.2. The molecule has 0 N–H and O–H groups in total. The number of nitrogens with zero attached hydrogens (tertiary/aromatic N) is 2. The highest BCUT2D eigenvalue weighted by molar-refractivity contribution is 8.23. The van der Waals surface area contributed by atoms with Crippen LogP contribution >= 0.6 is 24.0 Å². The zero-order valence-corrected chi connectivity index (χ0v) is 17.2. The third kappa shape index (κ3) is 4.34. The Morgan fingerprint density at radius 3 is 2.35 bits per heavy atom. The van der Waals surface area contributed by atoms with Crippen molar-refractivity contribution in [1.29, 1.82) is 0 Å². The third-order valence-electron chi connectivity index (χ3n) is 3.97. The molecule has 0 unspecified atom stereocenters. The molecule has 0 saturated heterocycles. The highest BCUT2D eigenvalue weighted by Crippen LogP contribution is 2.23. The van der Waals surface area contributed by atoms with Crippen LogP contribution in [0.5, 0.6) is 0 Å². The van der Waals surface area contributed by atoms with Crippen LogP contribution in [0.2, 0.25) is 0 Å². The molecule has 0 aliphatic rings. The molecule has 26 heavy (non-hydrogen) atoms. The molecule has 0 saturated carbocycles. The molecule has 0 amide bonds. The smallest absolute Gasteiger partial charge is 0.337 e. The van der Waals surface area contributed by atoms with Crippen LogP contribution in [0.1, 0.15) is 32.1 Å². The van der Waals surface area contributed by atoms with Gasteiger partial charge in [-0.2, -0.15) is 0 Å². The van der Waals surface area contributed by atoms with E-state index in [1.807, 2.05) is 55.6 Å². The average molecular weight is 391 g/mol. The lowest BCUT2D eigenvalue weighted by molar-refractivity contribution is 0.0600. The third-order valence-corrected chi connectivity index (χ3v) is 5.71. The number of aryl methyl sites for hydroxylation is 1. The number of thioether (sulfide) groups is 1. The Labute approximate surface area is 163 Å². The van der Waals surface area contributed by atoms with Crippen molar-refractivity contribution >= 4 is 40.1 Å². The van der Waals surface area contributed by atoms with Crippen LogP contribution in [-0.2, 0) is 4.74 Å². The second kappa shape index (κ2) is 8.51. The summed E-state index contributed by atoms with van der Waals surface area (Å²) in [6.07, 6.45) is 0. The number of methoxy groups -OCH3 is 1. The van der Waals surface area contributed by atoms with Crippen molar-refractivity contribution in [3.8, 4) is 5.69 Å². The normalized spacial score (nSPS) is 10.5. The van der Waals surface area contributed by atoms with Crippen molar-refractivity contribution in [3.63, 3.8) is 0 Å². The van der Waals surface area contributed by atoms with Crippen LogP contribution in [0.25, 0.3) is 5.69 Å². The molecule has 7 heteroatoms. The Hall–Kier alpha value is -2.12. The first-order chi connectivity index (χ1) is 12.3. The van der Waals surface area contributed by atoms with E-state index < -0.39 is 0 Å². The molecule has 138 valence electrons. The first-order valence-electron chi connectivity index (χ1n) is 8.01. The molecule has 2 aromatic rings. The number of hydrogen-bond acceptors (Lipinski definition) is 5. The zero-order chi connectivity index (χ0) is 19.4. The SMILES string of the molecule is COC(=O)c1ccc(-n2c(C)cc(C(=O)CSC(=S)N(C)C)c2C)cc1. The standard InChI is InChI=1S/C19H22N2O3S2/c1-12-10-16(17(22)11-26-19(25)20(3)4)13(2)21(12)15-8-6-14(7-9-15)18(23)24-5/h6-10H,11H2,1-5H3. The number of benzene rings is 1. The van der Waals surface area contributed by atoms with Crippen molar-refractivity contribution in [2.75, 3.05) is 27.0 Å². The van der Waals surface area contributed by atoms with E-state index in [1.165, 1.54) is 18.9 Å². The maximum absolute atomic E-state index is 12.6. The highest BCUT2D eigenvalue weighted by atomic mass is 32.2. The van der Waals surface area contributed by atoms with Gasteiger partial charge in [0.25, 0.3) is 0 Å². The largest absolute Gasteiger partial charge is 0.465 e. The molecule has 1 aromatic carbocycles. The van der Waals surface area contributed by atoms with E-state index >= 15 is 0 Å². The first kappa shape index (κ1) is 20.2. The lowest BCUT2D eigenvalue weighted by Gasteiger charge is -2.12. The van der Waals surface area contributed by atoms with Crippen molar-refractivity contribution in [1.82, 2.24) is 9.47 Å². The van der Waals surface area contributed by atoms with Gasteiger partial charge in [-0.1, -0.05) is 24.0 Å². The molecule has 0 aliphatic carbocycles. The van der Waals surface area contributed by atoms with Crippen LogP contribution in [0, 0.1) is 13.8 Å². The van der Waals surface area contributed by atoms with Crippen LogP contribution < -0.4 is 0 Å². The van der Waals surface area contributed by atoms with Gasteiger partial charge in [0.2, 0.25) is 0 Å². The summed E-state index contributed by atoms with van der Waals surface area (Å²) in [4.78, 5) is 26.0. The van der Waals surface area contributed by atoms with E-state index in [2.05, 4.69) is 0 Å². The monoisotopic (exact) mass is 390 g/mol. The summed E-state index contributed by atoms with van der Waals surface area (Å²) < 4.78 is 7.41. The van der Waals surface area contributed by atoms with E-state index in [0.717, 1.165) is 17.1 Å². The van der Waals surface area contributed by atoms with E-state index in [1.54, 1.807) is 12.1 Å². The molecule has 1 aromatic heterocycles. The van der Waals surface area contributed by atoms with Gasteiger partial charge in [-0.25, -0.2) is 4.79 Å². The maximum atomic E-state index is 12.6. The summed E-state index contributed by atoms with van der Waals surface area (Å²) in [5.41, 5.74) is 3.90. The Morgan fingerprint density at radius 1 is 1.19 bits per heavy atom. The van der Waals surface area contributed by atoms with Crippen LogP contribution in [0.3, 0.4) is 0 Å². The fourth-order valence-corrected chi connectivity index (χ4v) is 3.49. The van der Waals surface area contributed by atoms with Crippen LogP contribution in [0.4, 0.5) is 0 Å². The fraction of sp³-hybridized carbons (Fsp3) is 0.316. The molecular formula is C19H22N2O3S2. The van der Waals surface area contributed by atoms with Gasteiger partial charge in [0.05, 0.1) is 18.4 Å². The molecule has 5 nitrogen and oxygen atoms in total. The summed E-state index contributed by atoms with van der Waals surface area (Å²) in [6, 6.07) is 9.01. The van der Waals surface area contributed by atoms with Crippen molar-refractivity contribution in [2.24, 2.45) is 0 Å². The number of thiocarbonyl (C=S) groups is 1. The van der Waals surface area contributed by atoms with Gasteiger partial charge in [-0.05, 0) is 44.2 Å². The number of carbonyl (C=O) groups is 2. The number of ketones is 1. The average Bonchev–Trinajstić information content (AvgIpc) is 2.93. The second-order valence-corrected chi connectivity index (χ2v) is 7.64. The number of esters is 1. The molecule has 1 heterocycles. The molecule has 0 atom stereocenters. The molecule has 0 radical (unpaired) electrons. The van der Waals surface area contributed by atoms with E-state index in [-0.39, 0.29) is 11.8 Å². The topological polar surface area (TPSA) is 51.5 Å². The minimum atomic E-state index is -0.373. The summed E-state index contributed by atoms with van der Waals surface area (Å²) >= 11 is 6.59. The van der Waals surface area contributed by atoms with Crippen molar-refractivity contribution in [3.05, 3.63) is 52.8 Å². The van der Waals surface area contributed by atoms with E-state index in [4.69, 9.17) is 17.0 Å². The summed E-state index contributed by atoms with van der Waals surface area (Å²) in [6.45, 7) is 3.87. The number of rotatable bonds is 5. The van der Waals surface area contributed by atoms with Gasteiger partial charge < -0.3 is 14.2 Å². The molecule has 2 rings (SSSR count). The highest BCUT2D eigenvalue weighted by Gasteiger charge is 2.18. The van der Waals surface area contributed by atoms with E-state index in [0.29, 0.717) is 21.2 Å². The number of aromatic nitrogens is 1. The van der Waals surface area contributed by atoms with Gasteiger partial charge in [-0.3, -0.25) is 4.79 Å². The molecule has 0 fully saturated rings. The summed E-state index contributed by atoms with van der Waals surface area (Å²) in [5.74, 6) is -0.0187. The fourth-order valence-electron chi connectivity index (χ4n) is 2.64. The number of ether oxygens (including phenoxy) is 1. The first-order valence-corrected chi connectivity index (χ1v) is 9.40. The zero-order valence-electron chi connectivity index (χ0n) is 15.5. The van der Waals surface area contributed by atoms with Crippen molar-refractivity contribution < 1.29 is 14.3 Å². The minimum Gasteiger partial charge on any atom is -0.465 e. The predicted molar refractivity (Wildman–Crippen MR) is 110 cm³/mol. The molecule has 0 bridgehead atoms. The lowest BCUT2D eigenvalue weighted by Crippen LogP contribution is -2.18. The Morgan fingerprint density at radius 2 is 1.81 bits per heavy atom. The van der Waals surface area contributed by atoms with Gasteiger partial charge in [0.15, 0.2) is 5.78 Å². The van der Waals surface area contributed by atoms with E-state index in [9.17, 15) is 9.59 Å².